The highest BCUT2D eigenvalue weighted by molar-refractivity contribution is 5.76. The zero-order valence-electron chi connectivity index (χ0n) is 54.3. The number of aliphatic hydroxyl groups is 5. The molecule has 6 N–H and O–H groups in total. The summed E-state index contributed by atoms with van der Waals surface area (Å²) >= 11 is 0. The van der Waals surface area contributed by atoms with E-state index in [-0.39, 0.29) is 12.5 Å². The molecule has 1 fully saturated rings. The first-order chi connectivity index (χ1) is 40.3. The highest BCUT2D eigenvalue weighted by atomic mass is 16.7. The van der Waals surface area contributed by atoms with Gasteiger partial charge in [0.25, 0.3) is 0 Å². The average molecular weight is 1160 g/mol. The van der Waals surface area contributed by atoms with Crippen LogP contribution in [0.5, 0.6) is 0 Å². The molecule has 7 unspecified atom stereocenters. The van der Waals surface area contributed by atoms with Gasteiger partial charge >= 0.3 is 0 Å². The summed E-state index contributed by atoms with van der Waals surface area (Å²) in [6.45, 7) is 3.82. The molecule has 1 amide bonds. The molecule has 9 heteroatoms. The minimum Gasteiger partial charge on any atom is -0.394 e. The molecule has 1 saturated heterocycles. The van der Waals surface area contributed by atoms with Gasteiger partial charge in [-0.3, -0.25) is 4.79 Å². The van der Waals surface area contributed by atoms with Gasteiger partial charge in [-0.15, -0.1) is 0 Å². The van der Waals surface area contributed by atoms with Crippen molar-refractivity contribution in [2.75, 3.05) is 13.2 Å². The van der Waals surface area contributed by atoms with Gasteiger partial charge in [0, 0.05) is 6.42 Å². The quantitative estimate of drug-likeness (QED) is 0.0261. The van der Waals surface area contributed by atoms with E-state index in [2.05, 4.69) is 43.5 Å². The fourth-order valence-corrected chi connectivity index (χ4v) is 11.8. The van der Waals surface area contributed by atoms with Gasteiger partial charge < -0.3 is 40.3 Å². The van der Waals surface area contributed by atoms with E-state index in [0.717, 1.165) is 44.9 Å². The lowest BCUT2D eigenvalue weighted by molar-refractivity contribution is -0.302. The Morgan fingerprint density at radius 2 is 0.720 bits per heavy atom. The normalized spacial score (nSPS) is 18.5. The molecule has 1 heterocycles. The van der Waals surface area contributed by atoms with E-state index < -0.39 is 49.5 Å². The number of unbranched alkanes of at least 4 members (excludes halogenated alkanes) is 50. The van der Waals surface area contributed by atoms with Crippen molar-refractivity contribution in [3.63, 3.8) is 0 Å². The third kappa shape index (κ3) is 50.6. The molecule has 7 atom stereocenters. The summed E-state index contributed by atoms with van der Waals surface area (Å²) in [7, 11) is 0. The molecule has 484 valence electrons. The minimum atomic E-state index is -1.57. The largest absolute Gasteiger partial charge is 0.394 e. The fourth-order valence-electron chi connectivity index (χ4n) is 11.8. The number of ether oxygens (including phenoxy) is 2. The van der Waals surface area contributed by atoms with Crippen LogP contribution in [0.25, 0.3) is 0 Å². The van der Waals surface area contributed by atoms with Crippen LogP contribution >= 0.6 is 0 Å². The van der Waals surface area contributed by atoms with Crippen LogP contribution in [0, 0.1) is 0 Å². The Bertz CT molecular complexity index is 1390. The summed E-state index contributed by atoms with van der Waals surface area (Å²) in [5.74, 6) is -0.171. The predicted octanol–water partition coefficient (Wildman–Crippen LogP) is 19.8. The Labute approximate surface area is 508 Å². The summed E-state index contributed by atoms with van der Waals surface area (Å²) in [6, 6.07) is -0.806. The van der Waals surface area contributed by atoms with E-state index in [1.54, 1.807) is 6.08 Å². The number of hydrogen-bond donors (Lipinski definition) is 6. The number of rotatable bonds is 64. The van der Waals surface area contributed by atoms with Crippen LogP contribution in [0.2, 0.25) is 0 Å². The molecule has 1 aliphatic heterocycles. The summed E-state index contributed by atoms with van der Waals surface area (Å²) in [5.41, 5.74) is 0. The van der Waals surface area contributed by atoms with Crippen molar-refractivity contribution in [1.82, 2.24) is 5.32 Å². The van der Waals surface area contributed by atoms with Crippen LogP contribution in [0.3, 0.4) is 0 Å². The first-order valence-corrected chi connectivity index (χ1v) is 36.2. The van der Waals surface area contributed by atoms with E-state index in [4.69, 9.17) is 9.47 Å². The zero-order chi connectivity index (χ0) is 59.3. The van der Waals surface area contributed by atoms with Gasteiger partial charge in [-0.1, -0.05) is 346 Å². The summed E-state index contributed by atoms with van der Waals surface area (Å²) < 4.78 is 11.3. The molecule has 1 aliphatic rings. The minimum absolute atomic E-state index is 0.171. The lowest BCUT2D eigenvalue weighted by Gasteiger charge is -2.40. The second-order valence-electron chi connectivity index (χ2n) is 25.4. The zero-order valence-corrected chi connectivity index (χ0v) is 54.3. The molecule has 0 radical (unpaired) electrons. The summed E-state index contributed by atoms with van der Waals surface area (Å²) in [5, 5.41) is 54.8. The molecular weight excluding hydrogens is 1020 g/mol. The number of nitrogens with one attached hydrogen (secondary N) is 1. The molecule has 0 aliphatic carbocycles. The maximum atomic E-state index is 13.1. The first kappa shape index (κ1) is 78.4. The molecule has 0 aromatic carbocycles. The molecule has 9 nitrogen and oxygen atoms in total. The number of carbonyl (C=O) groups is 1. The smallest absolute Gasteiger partial charge is 0.220 e. The van der Waals surface area contributed by atoms with E-state index in [1.807, 2.05) is 6.08 Å². The van der Waals surface area contributed by atoms with Gasteiger partial charge in [0.2, 0.25) is 5.91 Å². The molecule has 0 bridgehead atoms. The monoisotopic (exact) mass is 1160 g/mol. The van der Waals surface area contributed by atoms with Crippen molar-refractivity contribution in [3.8, 4) is 0 Å². The number of aliphatic hydroxyl groups excluding tert-OH is 5. The van der Waals surface area contributed by atoms with Crippen molar-refractivity contribution in [2.45, 2.75) is 410 Å². The molecule has 82 heavy (non-hydrogen) atoms. The van der Waals surface area contributed by atoms with Crippen LogP contribution in [-0.2, 0) is 14.3 Å². The maximum absolute atomic E-state index is 13.1. The molecule has 0 aromatic rings. The second kappa shape index (κ2) is 62.5. The fraction of sp³-hybridized carbons (Fsp3) is 0.904. The highest BCUT2D eigenvalue weighted by Gasteiger charge is 2.44. The first-order valence-electron chi connectivity index (χ1n) is 36.2. The number of carbonyl (C=O) groups excluding carboxylic acids is 1. The van der Waals surface area contributed by atoms with Crippen LogP contribution in [0.1, 0.15) is 367 Å². The third-order valence-electron chi connectivity index (χ3n) is 17.5. The topological polar surface area (TPSA) is 149 Å². The predicted molar refractivity (Wildman–Crippen MR) is 350 cm³/mol. The number of allylic oxidation sites excluding steroid dienone is 5. The van der Waals surface area contributed by atoms with Crippen LogP contribution < -0.4 is 5.32 Å². The van der Waals surface area contributed by atoms with Crippen molar-refractivity contribution < 1.29 is 39.8 Å². The second-order valence-corrected chi connectivity index (χ2v) is 25.4. The maximum Gasteiger partial charge on any atom is 0.220 e. The lowest BCUT2D eigenvalue weighted by atomic mass is 9.99. The van der Waals surface area contributed by atoms with Crippen molar-refractivity contribution in [2.24, 2.45) is 0 Å². The van der Waals surface area contributed by atoms with Gasteiger partial charge in [0.1, 0.15) is 24.4 Å². The van der Waals surface area contributed by atoms with E-state index in [1.165, 1.54) is 302 Å². The standard InChI is InChI=1S/C73H139NO8/c1-3-5-7-9-11-13-15-17-19-21-23-25-27-29-31-32-33-34-35-37-38-40-42-44-46-48-50-52-54-56-58-60-62-67(76)66(65-81-73-72(80)71(79)70(78)68(64-75)82-73)74-69(77)63-61-59-57-55-53-51-49-47-45-43-41-39-36-30-28-26-24-22-20-18-16-14-12-10-8-6-4-2/h16,18,22,24,60,62,66-68,70-73,75-76,78-80H,3-15,17,19-21,23,25-59,61,63-65H2,1-2H3,(H,74,77)/b18-16-,24-22-,62-60+. The Balaban J connectivity index is 2.11. The molecule has 0 saturated carbocycles. The Hall–Kier alpha value is -1.59. The van der Waals surface area contributed by atoms with Gasteiger partial charge in [-0.25, -0.2) is 0 Å². The number of hydrogen-bond acceptors (Lipinski definition) is 8. The average Bonchev–Trinajstić information content (AvgIpc) is 3.53. The molecule has 0 aromatic heterocycles. The van der Waals surface area contributed by atoms with Gasteiger partial charge in [0.05, 0.1) is 25.4 Å². The van der Waals surface area contributed by atoms with Crippen molar-refractivity contribution >= 4 is 5.91 Å². The van der Waals surface area contributed by atoms with Crippen molar-refractivity contribution in [3.05, 3.63) is 36.5 Å². The lowest BCUT2D eigenvalue weighted by Crippen LogP contribution is -2.60. The SMILES string of the molecule is CCCCCCC/C=C\C/C=C\CCCCCCCCCCCCCCCCCC(=O)NC(COC1OC(CO)C(O)C(O)C1O)C(O)/C=C/CCCCCCCCCCCCCCCCCCCCCCCCCCCCCCCC. The van der Waals surface area contributed by atoms with E-state index in [0.29, 0.717) is 6.42 Å². The Morgan fingerprint density at radius 3 is 1.05 bits per heavy atom. The van der Waals surface area contributed by atoms with Crippen LogP contribution in [-0.4, -0.2) is 87.5 Å². The summed E-state index contributed by atoms with van der Waals surface area (Å²) in [4.78, 5) is 13.1. The third-order valence-corrected chi connectivity index (χ3v) is 17.5. The van der Waals surface area contributed by atoms with E-state index in [9.17, 15) is 30.3 Å². The van der Waals surface area contributed by atoms with Crippen molar-refractivity contribution in [1.29, 1.82) is 0 Å². The number of amides is 1. The Morgan fingerprint density at radius 1 is 0.415 bits per heavy atom. The van der Waals surface area contributed by atoms with Gasteiger partial charge in [0.15, 0.2) is 6.29 Å². The Kier molecular flexibility index (Phi) is 59.7. The van der Waals surface area contributed by atoms with Gasteiger partial charge in [-0.2, -0.15) is 0 Å². The molecule has 1 rings (SSSR count). The summed E-state index contributed by atoms with van der Waals surface area (Å²) in [6.07, 6.45) is 76.9. The van der Waals surface area contributed by atoms with Crippen LogP contribution in [0.15, 0.2) is 36.5 Å². The van der Waals surface area contributed by atoms with E-state index >= 15 is 0 Å². The molecule has 0 spiro atoms. The van der Waals surface area contributed by atoms with Crippen LogP contribution in [0.4, 0.5) is 0 Å². The van der Waals surface area contributed by atoms with Gasteiger partial charge in [-0.05, 0) is 51.4 Å². The highest BCUT2D eigenvalue weighted by Crippen LogP contribution is 2.24. The molecular formula is C73H139NO8.